The van der Waals surface area contributed by atoms with Crippen molar-refractivity contribution in [2.24, 2.45) is 0 Å². The average molecular weight is 573 g/mol. The van der Waals surface area contributed by atoms with Crippen LogP contribution in [0, 0.1) is 0 Å². The van der Waals surface area contributed by atoms with Crippen LogP contribution in [0.5, 0.6) is 0 Å². The molecular formula is C25H19F7N4O2S. The number of nitrogens with zero attached hydrogens (tertiary/aromatic N) is 3. The Morgan fingerprint density at radius 1 is 1.05 bits per heavy atom. The molecule has 0 saturated carbocycles. The Morgan fingerprint density at radius 3 is 2.51 bits per heavy atom. The highest BCUT2D eigenvalue weighted by molar-refractivity contribution is 8.18. The van der Waals surface area contributed by atoms with Gasteiger partial charge in [0.2, 0.25) is 0 Å². The van der Waals surface area contributed by atoms with Gasteiger partial charge < -0.3 is 5.32 Å². The molecule has 2 saturated heterocycles. The Kier molecular flexibility index (Phi) is 6.95. The summed E-state index contributed by atoms with van der Waals surface area (Å²) in [6.07, 6.45) is -8.25. The Balaban J connectivity index is 1.40. The van der Waals surface area contributed by atoms with Crippen LogP contribution in [0.15, 0.2) is 47.5 Å². The summed E-state index contributed by atoms with van der Waals surface area (Å²) >= 11 is 0.688. The molecule has 3 heterocycles. The minimum atomic E-state index is -5.01. The van der Waals surface area contributed by atoms with E-state index in [9.17, 15) is 40.3 Å². The van der Waals surface area contributed by atoms with E-state index in [1.54, 1.807) is 18.2 Å². The zero-order valence-electron chi connectivity index (χ0n) is 19.8. The highest BCUT2D eigenvalue weighted by atomic mass is 32.2. The van der Waals surface area contributed by atoms with E-state index in [1.165, 1.54) is 17.0 Å². The lowest BCUT2D eigenvalue weighted by molar-refractivity contribution is -0.143. The van der Waals surface area contributed by atoms with E-state index in [4.69, 9.17) is 0 Å². The minimum Gasteiger partial charge on any atom is -0.314 e. The lowest BCUT2D eigenvalue weighted by Crippen LogP contribution is -2.53. The van der Waals surface area contributed by atoms with Gasteiger partial charge in [-0.1, -0.05) is 12.1 Å². The molecule has 2 aliphatic rings. The van der Waals surface area contributed by atoms with E-state index in [-0.39, 0.29) is 29.5 Å². The second kappa shape index (κ2) is 9.97. The number of aromatic nitrogens is 2. The normalized spacial score (nSPS) is 21.9. The monoisotopic (exact) mass is 572 g/mol. The van der Waals surface area contributed by atoms with Gasteiger partial charge in [-0.15, -0.1) is 0 Å². The summed E-state index contributed by atoms with van der Waals surface area (Å²) < 4.78 is 95.2. The van der Waals surface area contributed by atoms with Crippen LogP contribution in [0.4, 0.5) is 35.5 Å². The van der Waals surface area contributed by atoms with Crippen molar-refractivity contribution in [2.45, 2.75) is 37.5 Å². The van der Waals surface area contributed by atoms with Gasteiger partial charge in [-0.3, -0.25) is 19.2 Å². The summed E-state index contributed by atoms with van der Waals surface area (Å²) in [5, 5.41) is 6.98. The molecule has 5 rings (SSSR count). The number of carbonyl (C=O) groups is 2. The fraction of sp³-hybridized carbons (Fsp3) is 0.320. The number of halogens is 7. The quantitative estimate of drug-likeness (QED) is 0.314. The Labute approximate surface area is 220 Å². The van der Waals surface area contributed by atoms with Gasteiger partial charge in [0.05, 0.1) is 40.3 Å². The van der Waals surface area contributed by atoms with Crippen LogP contribution >= 0.6 is 11.8 Å². The van der Waals surface area contributed by atoms with Crippen molar-refractivity contribution in [2.75, 3.05) is 13.1 Å². The molecule has 0 spiro atoms. The van der Waals surface area contributed by atoms with Crippen molar-refractivity contribution in [3.8, 4) is 0 Å². The van der Waals surface area contributed by atoms with Gasteiger partial charge >= 0.3 is 12.4 Å². The predicted molar refractivity (Wildman–Crippen MR) is 129 cm³/mol. The first-order valence-electron chi connectivity index (χ1n) is 11.7. The summed E-state index contributed by atoms with van der Waals surface area (Å²) in [7, 11) is 0. The number of nitrogens with one attached hydrogen (secondary N) is 1. The van der Waals surface area contributed by atoms with Crippen molar-refractivity contribution in [1.82, 2.24) is 20.0 Å². The molecule has 2 aromatic carbocycles. The van der Waals surface area contributed by atoms with Crippen LogP contribution < -0.4 is 5.32 Å². The number of benzene rings is 2. The highest BCUT2D eigenvalue weighted by Crippen LogP contribution is 2.38. The summed E-state index contributed by atoms with van der Waals surface area (Å²) in [4.78, 5) is 26.4. The fourth-order valence-corrected chi connectivity index (χ4v) is 5.50. The van der Waals surface area contributed by atoms with Gasteiger partial charge in [0, 0.05) is 11.9 Å². The second-order valence-electron chi connectivity index (χ2n) is 9.12. The standard InChI is InChI=1S/C25H19F7N4O2S/c26-18-5-6-33-11-20(18)36-22(37)21(39-23(36)38)8-13-1-4-19-15(7-13)10-34-35(19)12-14-2-3-16(24(27,28)29)9-17(14)25(30,31)32/h1-4,7-10,18,20,33H,5-6,11-12H2/b21-8-. The summed E-state index contributed by atoms with van der Waals surface area (Å²) in [5.41, 5.74) is -2.29. The number of hydrogen-bond donors (Lipinski definition) is 1. The number of thioether (sulfide) groups is 1. The Hall–Kier alpha value is -3.39. The summed E-state index contributed by atoms with van der Waals surface area (Å²) in [6, 6.07) is 5.27. The number of imide groups is 1. The first kappa shape index (κ1) is 27.2. The smallest absolute Gasteiger partial charge is 0.314 e. The predicted octanol–water partition coefficient (Wildman–Crippen LogP) is 5.86. The van der Waals surface area contributed by atoms with Crippen molar-refractivity contribution in [3.63, 3.8) is 0 Å². The molecule has 6 nitrogen and oxygen atoms in total. The largest absolute Gasteiger partial charge is 0.416 e. The van der Waals surface area contributed by atoms with Gasteiger partial charge in [0.25, 0.3) is 11.1 Å². The van der Waals surface area contributed by atoms with E-state index >= 15 is 0 Å². The Morgan fingerprint density at radius 2 is 1.82 bits per heavy atom. The zero-order valence-corrected chi connectivity index (χ0v) is 20.6. The van der Waals surface area contributed by atoms with Crippen molar-refractivity contribution < 1.29 is 40.3 Å². The van der Waals surface area contributed by atoms with Crippen LogP contribution in [0.1, 0.15) is 28.7 Å². The van der Waals surface area contributed by atoms with Crippen LogP contribution in [0.3, 0.4) is 0 Å². The van der Waals surface area contributed by atoms with Crippen LogP contribution in [0.2, 0.25) is 0 Å². The van der Waals surface area contributed by atoms with E-state index in [1.807, 2.05) is 0 Å². The van der Waals surface area contributed by atoms with Crippen molar-refractivity contribution in [3.05, 3.63) is 69.8 Å². The maximum atomic E-state index is 14.4. The molecule has 0 aliphatic carbocycles. The number of carbonyl (C=O) groups excluding carboxylic acids is 2. The second-order valence-corrected chi connectivity index (χ2v) is 10.1. The molecule has 1 aromatic heterocycles. The lowest BCUT2D eigenvalue weighted by atomic mass is 10.0. The molecule has 0 bridgehead atoms. The summed E-state index contributed by atoms with van der Waals surface area (Å²) in [5.74, 6) is -0.612. The molecule has 2 fully saturated rings. The minimum absolute atomic E-state index is 0.0840. The molecule has 2 unspecified atom stereocenters. The number of fused-ring (bicyclic) bond motifs is 1. The molecule has 2 atom stereocenters. The molecular weight excluding hydrogens is 553 g/mol. The van der Waals surface area contributed by atoms with E-state index in [0.717, 1.165) is 11.0 Å². The SMILES string of the molecule is O=C1S/C(=C\c2ccc3c(cnn3Cc3ccc(C(F)(F)F)cc3C(F)(F)F)c2)C(=O)N1C1CNCCC1F. The highest BCUT2D eigenvalue weighted by Gasteiger charge is 2.44. The number of hydrogen-bond acceptors (Lipinski definition) is 5. The number of piperidine rings is 1. The van der Waals surface area contributed by atoms with Gasteiger partial charge in [-0.25, -0.2) is 4.39 Å². The summed E-state index contributed by atoms with van der Waals surface area (Å²) in [6.45, 7) is 0.176. The topological polar surface area (TPSA) is 67.2 Å². The first-order chi connectivity index (χ1) is 18.3. The first-order valence-corrected chi connectivity index (χ1v) is 12.5. The van der Waals surface area contributed by atoms with Crippen molar-refractivity contribution in [1.29, 1.82) is 0 Å². The third kappa shape index (κ3) is 5.39. The van der Waals surface area contributed by atoms with E-state index in [2.05, 4.69) is 10.4 Å². The maximum Gasteiger partial charge on any atom is 0.416 e. The maximum absolute atomic E-state index is 14.4. The lowest BCUT2D eigenvalue weighted by Gasteiger charge is -2.32. The van der Waals surface area contributed by atoms with Gasteiger partial charge in [0.1, 0.15) is 6.17 Å². The molecule has 206 valence electrons. The van der Waals surface area contributed by atoms with E-state index < -0.39 is 53.4 Å². The fourth-order valence-electron chi connectivity index (χ4n) is 4.62. The molecule has 39 heavy (non-hydrogen) atoms. The van der Waals surface area contributed by atoms with Gasteiger partial charge in [-0.2, -0.15) is 31.4 Å². The van der Waals surface area contributed by atoms with Gasteiger partial charge in [0.15, 0.2) is 0 Å². The third-order valence-corrected chi connectivity index (χ3v) is 7.43. The number of amides is 2. The van der Waals surface area contributed by atoms with E-state index in [0.29, 0.717) is 40.8 Å². The molecule has 14 heteroatoms. The van der Waals surface area contributed by atoms with Crippen LogP contribution in [-0.2, 0) is 23.7 Å². The average Bonchev–Trinajstić information content (AvgIpc) is 3.37. The van der Waals surface area contributed by atoms with Gasteiger partial charge in [-0.05, 0) is 66.2 Å². The molecule has 2 amide bonds. The van der Waals surface area contributed by atoms with Crippen LogP contribution in [-0.4, -0.2) is 51.1 Å². The van der Waals surface area contributed by atoms with Crippen LogP contribution in [0.25, 0.3) is 17.0 Å². The zero-order chi connectivity index (χ0) is 28.1. The third-order valence-electron chi connectivity index (χ3n) is 6.55. The number of alkyl halides is 7. The molecule has 0 radical (unpaired) electrons. The molecule has 2 aliphatic heterocycles. The Bertz CT molecular complexity index is 1480. The molecule has 3 aromatic rings. The van der Waals surface area contributed by atoms with Crippen molar-refractivity contribution >= 4 is 39.9 Å². The number of rotatable bonds is 4. The molecule has 1 N–H and O–H groups in total.